The number of benzene rings is 1. The van der Waals surface area contributed by atoms with Crippen LogP contribution < -0.4 is 5.73 Å². The topological polar surface area (TPSA) is 51.8 Å². The highest BCUT2D eigenvalue weighted by molar-refractivity contribution is 6.31. The molecule has 1 aliphatic rings. The number of nitrogens with zero attached hydrogens (tertiary/aromatic N) is 2. The molecule has 0 radical (unpaired) electrons. The van der Waals surface area contributed by atoms with Gasteiger partial charge >= 0.3 is 0 Å². The lowest BCUT2D eigenvalue weighted by molar-refractivity contribution is 0.628. The monoisotopic (exact) mass is 277 g/mol. The van der Waals surface area contributed by atoms with Crippen LogP contribution in [0.5, 0.6) is 0 Å². The molecule has 0 amide bonds. The first-order valence-electron chi connectivity index (χ1n) is 6.26. The van der Waals surface area contributed by atoms with Crippen LogP contribution in [0.15, 0.2) is 18.2 Å². The number of rotatable bonds is 1. The molecule has 0 unspecified atom stereocenters. The Morgan fingerprint density at radius 2 is 1.95 bits per heavy atom. The molecule has 1 aliphatic carbocycles. The molecule has 1 aromatic carbocycles. The average Bonchev–Trinajstić information content (AvgIpc) is 2.42. The standard InChI is InChI=1S/C14H13ClFN3/c15-10-7-8(5-6-11(10)16)14-18-12-4-2-1-3-9(12)13(17)19-14/h5-7H,1-4H2,(H2,17,18,19). The SMILES string of the molecule is Nc1nc(-c2ccc(F)c(Cl)c2)nc2c1CCCC2. The predicted molar refractivity (Wildman–Crippen MR) is 73.5 cm³/mol. The van der Waals surface area contributed by atoms with Crippen molar-refractivity contribution in [1.29, 1.82) is 0 Å². The highest BCUT2D eigenvalue weighted by Crippen LogP contribution is 2.28. The van der Waals surface area contributed by atoms with Crippen LogP contribution in [0.2, 0.25) is 5.02 Å². The quantitative estimate of drug-likeness (QED) is 0.869. The van der Waals surface area contributed by atoms with E-state index >= 15 is 0 Å². The van der Waals surface area contributed by atoms with Crippen LogP contribution in [-0.4, -0.2) is 9.97 Å². The summed E-state index contributed by atoms with van der Waals surface area (Å²) in [6, 6.07) is 4.46. The van der Waals surface area contributed by atoms with E-state index in [9.17, 15) is 4.39 Å². The molecule has 0 bridgehead atoms. The van der Waals surface area contributed by atoms with Gasteiger partial charge in [0.05, 0.1) is 5.02 Å². The summed E-state index contributed by atoms with van der Waals surface area (Å²) in [5.41, 5.74) is 8.74. The number of hydrogen-bond acceptors (Lipinski definition) is 3. The number of hydrogen-bond donors (Lipinski definition) is 1. The van der Waals surface area contributed by atoms with Gasteiger partial charge in [0.15, 0.2) is 5.82 Å². The van der Waals surface area contributed by atoms with E-state index in [0.717, 1.165) is 36.9 Å². The van der Waals surface area contributed by atoms with E-state index in [4.69, 9.17) is 17.3 Å². The van der Waals surface area contributed by atoms with E-state index in [-0.39, 0.29) is 5.02 Å². The summed E-state index contributed by atoms with van der Waals surface area (Å²) in [7, 11) is 0. The molecule has 0 spiro atoms. The number of aromatic nitrogens is 2. The molecular formula is C14H13ClFN3. The van der Waals surface area contributed by atoms with E-state index < -0.39 is 5.82 Å². The summed E-state index contributed by atoms with van der Waals surface area (Å²) in [6.45, 7) is 0. The lowest BCUT2D eigenvalue weighted by Crippen LogP contribution is -2.11. The normalized spacial score (nSPS) is 14.2. The van der Waals surface area contributed by atoms with Gasteiger partial charge in [-0.05, 0) is 43.9 Å². The zero-order valence-corrected chi connectivity index (χ0v) is 11.0. The number of fused-ring (bicyclic) bond motifs is 1. The lowest BCUT2D eigenvalue weighted by Gasteiger charge is -2.17. The molecule has 3 nitrogen and oxygen atoms in total. The molecule has 0 saturated carbocycles. The molecule has 1 aromatic heterocycles. The van der Waals surface area contributed by atoms with Crippen molar-refractivity contribution in [3.8, 4) is 11.4 Å². The summed E-state index contributed by atoms with van der Waals surface area (Å²) in [4.78, 5) is 8.86. The van der Waals surface area contributed by atoms with Gasteiger partial charge in [0.25, 0.3) is 0 Å². The Labute approximate surface area is 115 Å². The van der Waals surface area contributed by atoms with Crippen molar-refractivity contribution in [2.45, 2.75) is 25.7 Å². The molecule has 98 valence electrons. The molecule has 1 heterocycles. The van der Waals surface area contributed by atoms with Crippen LogP contribution in [0.1, 0.15) is 24.1 Å². The molecule has 2 N–H and O–H groups in total. The van der Waals surface area contributed by atoms with Gasteiger partial charge in [-0.1, -0.05) is 11.6 Å². The molecule has 0 aliphatic heterocycles. The highest BCUT2D eigenvalue weighted by Gasteiger charge is 2.17. The van der Waals surface area contributed by atoms with Crippen molar-refractivity contribution in [2.75, 3.05) is 5.73 Å². The first-order chi connectivity index (χ1) is 9.15. The number of nitrogen functional groups attached to an aromatic ring is 1. The first kappa shape index (κ1) is 12.4. The molecule has 0 atom stereocenters. The van der Waals surface area contributed by atoms with Crippen LogP contribution in [0, 0.1) is 5.82 Å². The van der Waals surface area contributed by atoms with Gasteiger partial charge in [-0.15, -0.1) is 0 Å². The Hall–Kier alpha value is -1.68. The number of aryl methyl sites for hydroxylation is 1. The summed E-state index contributed by atoms with van der Waals surface area (Å²) < 4.78 is 13.2. The van der Waals surface area contributed by atoms with Gasteiger partial charge < -0.3 is 5.73 Å². The Kier molecular flexibility index (Phi) is 3.11. The summed E-state index contributed by atoms with van der Waals surface area (Å²) >= 11 is 5.79. The zero-order chi connectivity index (χ0) is 13.4. The summed E-state index contributed by atoms with van der Waals surface area (Å²) in [5, 5.41) is 0.0670. The third-order valence-electron chi connectivity index (χ3n) is 3.39. The maximum absolute atomic E-state index is 13.2. The molecule has 19 heavy (non-hydrogen) atoms. The molecule has 0 fully saturated rings. The van der Waals surface area contributed by atoms with Gasteiger partial charge in [0.2, 0.25) is 0 Å². The number of anilines is 1. The van der Waals surface area contributed by atoms with Crippen LogP contribution in [0.4, 0.5) is 10.2 Å². The average molecular weight is 278 g/mol. The predicted octanol–water partition coefficient (Wildman–Crippen LogP) is 3.40. The van der Waals surface area contributed by atoms with Crippen LogP contribution in [0.3, 0.4) is 0 Å². The minimum absolute atomic E-state index is 0.0670. The fourth-order valence-corrected chi connectivity index (χ4v) is 2.57. The fraction of sp³-hybridized carbons (Fsp3) is 0.286. The Morgan fingerprint density at radius 3 is 2.74 bits per heavy atom. The van der Waals surface area contributed by atoms with Gasteiger partial charge in [-0.2, -0.15) is 0 Å². The van der Waals surface area contributed by atoms with E-state index in [1.54, 1.807) is 6.07 Å². The van der Waals surface area contributed by atoms with E-state index in [1.807, 2.05) is 0 Å². The van der Waals surface area contributed by atoms with E-state index in [2.05, 4.69) is 9.97 Å². The van der Waals surface area contributed by atoms with Gasteiger partial charge in [-0.25, -0.2) is 14.4 Å². The Bertz CT molecular complexity index is 643. The second-order valence-electron chi connectivity index (χ2n) is 4.69. The molecule has 5 heteroatoms. The zero-order valence-electron chi connectivity index (χ0n) is 10.3. The van der Waals surface area contributed by atoms with Crippen LogP contribution >= 0.6 is 11.6 Å². The van der Waals surface area contributed by atoms with Crippen molar-refractivity contribution < 1.29 is 4.39 Å². The van der Waals surface area contributed by atoms with Crippen molar-refractivity contribution >= 4 is 17.4 Å². The minimum Gasteiger partial charge on any atom is -0.383 e. The molecule has 2 aromatic rings. The minimum atomic E-state index is -0.448. The largest absolute Gasteiger partial charge is 0.383 e. The maximum Gasteiger partial charge on any atom is 0.161 e. The Balaban J connectivity index is 2.10. The second-order valence-corrected chi connectivity index (χ2v) is 5.10. The Morgan fingerprint density at radius 1 is 1.16 bits per heavy atom. The van der Waals surface area contributed by atoms with E-state index in [0.29, 0.717) is 17.2 Å². The highest BCUT2D eigenvalue weighted by atomic mass is 35.5. The first-order valence-corrected chi connectivity index (χ1v) is 6.63. The number of halogens is 2. The summed E-state index contributed by atoms with van der Waals surface area (Å²) in [5.74, 6) is 0.594. The van der Waals surface area contributed by atoms with Gasteiger partial charge in [0.1, 0.15) is 11.6 Å². The third-order valence-corrected chi connectivity index (χ3v) is 3.68. The van der Waals surface area contributed by atoms with Crippen molar-refractivity contribution in [3.05, 3.63) is 40.3 Å². The summed E-state index contributed by atoms with van der Waals surface area (Å²) in [6.07, 6.45) is 4.10. The van der Waals surface area contributed by atoms with Crippen molar-refractivity contribution in [2.24, 2.45) is 0 Å². The second kappa shape index (κ2) is 4.78. The third kappa shape index (κ3) is 2.28. The maximum atomic E-state index is 13.2. The van der Waals surface area contributed by atoms with Crippen LogP contribution in [0.25, 0.3) is 11.4 Å². The van der Waals surface area contributed by atoms with Crippen molar-refractivity contribution in [3.63, 3.8) is 0 Å². The molecular weight excluding hydrogens is 265 g/mol. The van der Waals surface area contributed by atoms with Gasteiger partial charge in [0, 0.05) is 16.8 Å². The van der Waals surface area contributed by atoms with E-state index in [1.165, 1.54) is 12.1 Å². The van der Waals surface area contributed by atoms with Crippen LogP contribution in [-0.2, 0) is 12.8 Å². The fourth-order valence-electron chi connectivity index (χ4n) is 2.39. The molecule has 3 rings (SSSR count). The van der Waals surface area contributed by atoms with Crippen molar-refractivity contribution in [1.82, 2.24) is 9.97 Å². The van der Waals surface area contributed by atoms with Gasteiger partial charge in [-0.3, -0.25) is 0 Å². The number of nitrogens with two attached hydrogens (primary N) is 1. The molecule has 0 saturated heterocycles. The smallest absolute Gasteiger partial charge is 0.161 e. The lowest BCUT2D eigenvalue weighted by atomic mass is 9.96.